The summed E-state index contributed by atoms with van der Waals surface area (Å²) in [7, 11) is 0. The molecule has 1 aliphatic carbocycles. The lowest BCUT2D eigenvalue weighted by Crippen LogP contribution is -2.97. The van der Waals surface area contributed by atoms with Gasteiger partial charge in [0.1, 0.15) is 0 Å². The van der Waals surface area contributed by atoms with Crippen molar-refractivity contribution in [2.45, 2.75) is 12.8 Å². The SMILES string of the molecule is [O-][NH+]1c2ccc3ccccc3c2Oc2ccc3c(c21)CCC=C3. The van der Waals surface area contributed by atoms with Crippen LogP contribution >= 0.6 is 0 Å². The summed E-state index contributed by atoms with van der Waals surface area (Å²) in [5.74, 6) is 1.37. The van der Waals surface area contributed by atoms with Gasteiger partial charge in [-0.3, -0.25) is 0 Å². The highest BCUT2D eigenvalue weighted by molar-refractivity contribution is 5.93. The maximum absolute atomic E-state index is 13.1. The summed E-state index contributed by atoms with van der Waals surface area (Å²) in [5.41, 5.74) is 3.67. The highest BCUT2D eigenvalue weighted by Crippen LogP contribution is 2.44. The van der Waals surface area contributed by atoms with Crippen molar-refractivity contribution in [3.05, 3.63) is 70.9 Å². The normalized spacial score (nSPS) is 18.0. The van der Waals surface area contributed by atoms with Gasteiger partial charge in [-0.15, -0.1) is 0 Å². The molecular formula is C20H15NO2. The lowest BCUT2D eigenvalue weighted by molar-refractivity contribution is -0.701. The van der Waals surface area contributed by atoms with E-state index in [-0.39, 0.29) is 5.06 Å². The largest absolute Gasteiger partial charge is 0.623 e. The second-order valence-electron chi connectivity index (χ2n) is 6.04. The summed E-state index contributed by atoms with van der Waals surface area (Å²) in [6.45, 7) is 0. The van der Waals surface area contributed by atoms with E-state index in [1.807, 2.05) is 48.5 Å². The average Bonchev–Trinajstić information content (AvgIpc) is 2.61. The summed E-state index contributed by atoms with van der Waals surface area (Å²) in [6, 6.07) is 15.9. The molecule has 1 N–H and O–H groups in total. The molecule has 0 saturated carbocycles. The van der Waals surface area contributed by atoms with Crippen molar-refractivity contribution in [1.82, 2.24) is 0 Å². The number of ether oxygens (including phenoxy) is 1. The fraction of sp³-hybridized carbons (Fsp3) is 0.100. The first-order valence-corrected chi connectivity index (χ1v) is 7.89. The topological polar surface area (TPSA) is 36.7 Å². The van der Waals surface area contributed by atoms with Crippen molar-refractivity contribution in [2.75, 3.05) is 0 Å². The highest BCUT2D eigenvalue weighted by Gasteiger charge is 2.30. The summed E-state index contributed by atoms with van der Waals surface area (Å²) >= 11 is 0. The number of nitrogens with one attached hydrogen (secondary N) is 1. The maximum atomic E-state index is 13.1. The van der Waals surface area contributed by atoms with Crippen LogP contribution in [0.5, 0.6) is 11.5 Å². The van der Waals surface area contributed by atoms with Crippen molar-refractivity contribution in [3.63, 3.8) is 0 Å². The van der Waals surface area contributed by atoms with E-state index >= 15 is 0 Å². The van der Waals surface area contributed by atoms with Gasteiger partial charge >= 0.3 is 0 Å². The first kappa shape index (κ1) is 12.9. The Labute approximate surface area is 134 Å². The minimum absolute atomic E-state index is 0.0825. The molecule has 5 rings (SSSR count). The molecule has 1 aliphatic heterocycles. The zero-order chi connectivity index (χ0) is 15.4. The van der Waals surface area contributed by atoms with Crippen LogP contribution in [0, 0.1) is 5.21 Å². The Hall–Kier alpha value is -2.62. The van der Waals surface area contributed by atoms with Gasteiger partial charge in [-0.05, 0) is 35.9 Å². The number of hydrogen-bond acceptors (Lipinski definition) is 2. The lowest BCUT2D eigenvalue weighted by Gasteiger charge is -2.32. The number of hydrogen-bond donors (Lipinski definition) is 1. The second kappa shape index (κ2) is 4.69. The number of rotatable bonds is 0. The molecule has 0 spiro atoms. The van der Waals surface area contributed by atoms with E-state index in [0.717, 1.165) is 40.4 Å². The maximum Gasteiger partial charge on any atom is 0.196 e. The fourth-order valence-electron chi connectivity index (χ4n) is 3.62. The van der Waals surface area contributed by atoms with Crippen LogP contribution in [0.2, 0.25) is 0 Å². The molecule has 1 atom stereocenters. The zero-order valence-corrected chi connectivity index (χ0v) is 12.5. The molecular weight excluding hydrogens is 286 g/mol. The minimum Gasteiger partial charge on any atom is -0.623 e. The molecule has 2 aliphatic rings. The van der Waals surface area contributed by atoms with E-state index < -0.39 is 0 Å². The molecule has 23 heavy (non-hydrogen) atoms. The Morgan fingerprint density at radius 2 is 1.91 bits per heavy atom. The third kappa shape index (κ3) is 1.78. The molecule has 0 aromatic heterocycles. The molecule has 112 valence electrons. The second-order valence-corrected chi connectivity index (χ2v) is 6.04. The monoisotopic (exact) mass is 301 g/mol. The van der Waals surface area contributed by atoms with Gasteiger partial charge in [-0.2, -0.15) is 0 Å². The van der Waals surface area contributed by atoms with E-state index in [1.165, 1.54) is 0 Å². The van der Waals surface area contributed by atoms with Crippen molar-refractivity contribution >= 4 is 28.2 Å². The van der Waals surface area contributed by atoms with Crippen LogP contribution < -0.4 is 9.80 Å². The Bertz CT molecular complexity index is 975. The molecule has 0 bridgehead atoms. The number of quaternary nitrogens is 1. The molecule has 3 aromatic rings. The highest BCUT2D eigenvalue weighted by atomic mass is 16.5. The molecule has 0 fully saturated rings. The van der Waals surface area contributed by atoms with Crippen molar-refractivity contribution in [2.24, 2.45) is 0 Å². The van der Waals surface area contributed by atoms with E-state index in [0.29, 0.717) is 17.2 Å². The summed E-state index contributed by atoms with van der Waals surface area (Å²) in [6.07, 6.45) is 6.13. The molecule has 1 heterocycles. The third-order valence-electron chi connectivity index (χ3n) is 4.73. The predicted octanol–water partition coefficient (Wildman–Crippen LogP) is 4.25. The molecule has 0 radical (unpaired) electrons. The van der Waals surface area contributed by atoms with Gasteiger partial charge < -0.3 is 15.0 Å². The van der Waals surface area contributed by atoms with Crippen molar-refractivity contribution < 1.29 is 9.80 Å². The van der Waals surface area contributed by atoms with Gasteiger partial charge in [0.15, 0.2) is 22.9 Å². The van der Waals surface area contributed by atoms with Crippen LogP contribution in [0.3, 0.4) is 0 Å². The molecule has 0 saturated heterocycles. The fourth-order valence-corrected chi connectivity index (χ4v) is 3.62. The van der Waals surface area contributed by atoms with Gasteiger partial charge in [0.05, 0.1) is 0 Å². The quantitative estimate of drug-likeness (QED) is 0.630. The number of benzene rings is 3. The average molecular weight is 301 g/mol. The first-order chi connectivity index (χ1) is 11.3. The zero-order valence-electron chi connectivity index (χ0n) is 12.5. The Morgan fingerprint density at radius 1 is 1.00 bits per heavy atom. The minimum atomic E-state index is 0.0825. The predicted molar refractivity (Wildman–Crippen MR) is 91.5 cm³/mol. The van der Waals surface area contributed by atoms with Crippen LogP contribution in [0.4, 0.5) is 11.4 Å². The first-order valence-electron chi connectivity index (χ1n) is 7.89. The van der Waals surface area contributed by atoms with E-state index in [1.54, 1.807) is 0 Å². The van der Waals surface area contributed by atoms with Crippen molar-refractivity contribution in [1.29, 1.82) is 0 Å². The van der Waals surface area contributed by atoms with Crippen LogP contribution in [0.25, 0.3) is 16.8 Å². The molecule has 3 aromatic carbocycles. The van der Waals surface area contributed by atoms with E-state index in [4.69, 9.17) is 4.74 Å². The van der Waals surface area contributed by atoms with Gasteiger partial charge in [-0.1, -0.05) is 42.5 Å². The van der Waals surface area contributed by atoms with Crippen molar-refractivity contribution in [3.8, 4) is 11.5 Å². The molecule has 0 amide bonds. The standard InChI is InChI=1S/C20H15NO2/c22-21-17-11-9-14-6-2-4-8-16(14)20(17)23-18-12-10-13-5-1-3-7-15(13)19(18)21/h1-2,4-6,8-12,21H,3,7H2. The van der Waals surface area contributed by atoms with Crippen LogP contribution in [0.15, 0.2) is 54.6 Å². The Morgan fingerprint density at radius 3 is 2.87 bits per heavy atom. The smallest absolute Gasteiger partial charge is 0.196 e. The number of allylic oxidation sites excluding steroid dienone is 1. The van der Waals surface area contributed by atoms with Crippen LogP contribution in [0.1, 0.15) is 17.5 Å². The van der Waals surface area contributed by atoms with Gasteiger partial charge in [0, 0.05) is 17.0 Å². The summed E-state index contributed by atoms with van der Waals surface area (Å²) in [5, 5.41) is 15.3. The lowest BCUT2D eigenvalue weighted by atomic mass is 9.94. The van der Waals surface area contributed by atoms with E-state index in [2.05, 4.69) is 12.2 Å². The van der Waals surface area contributed by atoms with Crippen LogP contribution in [-0.4, -0.2) is 0 Å². The van der Waals surface area contributed by atoms with Gasteiger partial charge in [0.2, 0.25) is 0 Å². The van der Waals surface area contributed by atoms with E-state index in [9.17, 15) is 5.21 Å². The third-order valence-corrected chi connectivity index (χ3v) is 4.73. The number of fused-ring (bicyclic) bond motifs is 6. The Kier molecular flexibility index (Phi) is 2.62. The van der Waals surface area contributed by atoms with Crippen LogP contribution in [-0.2, 0) is 6.42 Å². The Balaban J connectivity index is 1.77. The molecule has 1 unspecified atom stereocenters. The summed E-state index contributed by atoms with van der Waals surface area (Å²) < 4.78 is 6.18. The molecule has 3 nitrogen and oxygen atoms in total. The van der Waals surface area contributed by atoms with Gasteiger partial charge in [0.25, 0.3) is 0 Å². The molecule has 3 heteroatoms. The summed E-state index contributed by atoms with van der Waals surface area (Å²) in [4.78, 5) is 0. The van der Waals surface area contributed by atoms with Gasteiger partial charge in [-0.25, -0.2) is 0 Å².